The Balaban J connectivity index is 1.98. The van der Waals surface area contributed by atoms with Gasteiger partial charge in [-0.05, 0) is 44.0 Å². The van der Waals surface area contributed by atoms with Crippen LogP contribution in [-0.4, -0.2) is 48.9 Å². The average Bonchev–Trinajstić information content (AvgIpc) is 2.55. The third-order valence-corrected chi connectivity index (χ3v) is 4.07. The minimum absolute atomic E-state index is 0.128. The van der Waals surface area contributed by atoms with Crippen molar-refractivity contribution in [3.05, 3.63) is 24.3 Å². The molecule has 1 aromatic rings. The predicted octanol–water partition coefficient (Wildman–Crippen LogP) is 1.60. The van der Waals surface area contributed by atoms with Gasteiger partial charge in [-0.25, -0.2) is 0 Å². The topological polar surface area (TPSA) is 94.1 Å². The lowest BCUT2D eigenvalue weighted by atomic mass is 9.86. The van der Waals surface area contributed by atoms with E-state index in [0.717, 1.165) is 0 Å². The number of carbonyl (C=O) groups is 2. The van der Waals surface area contributed by atoms with Gasteiger partial charge < -0.3 is 24.6 Å². The third kappa shape index (κ3) is 4.86. The monoisotopic (exact) mass is 337 g/mol. The standard InChI is InChI=1S/C17H23NO6/c1-12(24-14-5-3-13(22-2)4-6-14)16(21)18-17(11-15(19)20)7-9-23-10-8-17/h3-6,12H,7-11H2,1-2H3,(H,18,21)(H,19,20). The summed E-state index contributed by atoms with van der Waals surface area (Å²) in [6, 6.07) is 6.91. The Bertz CT molecular complexity index is 565. The molecule has 1 aliphatic heterocycles. The van der Waals surface area contributed by atoms with Crippen LogP contribution in [0.25, 0.3) is 0 Å². The number of aliphatic carboxylic acids is 1. The maximum Gasteiger partial charge on any atom is 0.305 e. The molecule has 0 spiro atoms. The first-order valence-electron chi connectivity index (χ1n) is 7.86. The second-order valence-electron chi connectivity index (χ2n) is 5.89. The number of nitrogens with one attached hydrogen (secondary N) is 1. The third-order valence-electron chi connectivity index (χ3n) is 4.07. The van der Waals surface area contributed by atoms with Gasteiger partial charge in [0.05, 0.1) is 19.1 Å². The van der Waals surface area contributed by atoms with Crippen LogP contribution in [0, 0.1) is 0 Å². The lowest BCUT2D eigenvalue weighted by Gasteiger charge is -2.37. The molecule has 1 aliphatic rings. The van der Waals surface area contributed by atoms with Crippen molar-refractivity contribution >= 4 is 11.9 Å². The molecule has 24 heavy (non-hydrogen) atoms. The number of amides is 1. The highest BCUT2D eigenvalue weighted by Crippen LogP contribution is 2.25. The lowest BCUT2D eigenvalue weighted by Crippen LogP contribution is -2.56. The minimum atomic E-state index is -0.944. The Morgan fingerprint density at radius 2 is 1.83 bits per heavy atom. The molecule has 1 fully saturated rings. The van der Waals surface area contributed by atoms with Crippen LogP contribution >= 0.6 is 0 Å². The second kappa shape index (κ2) is 8.01. The van der Waals surface area contributed by atoms with E-state index in [1.165, 1.54) is 0 Å². The molecule has 1 amide bonds. The largest absolute Gasteiger partial charge is 0.497 e. The molecule has 1 atom stereocenters. The van der Waals surface area contributed by atoms with Gasteiger partial charge in [0, 0.05) is 13.2 Å². The number of methoxy groups -OCH3 is 1. The summed E-state index contributed by atoms with van der Waals surface area (Å²) in [6.07, 6.45) is 0.0738. The molecule has 0 bridgehead atoms. The number of rotatable bonds is 7. The van der Waals surface area contributed by atoms with Gasteiger partial charge in [-0.2, -0.15) is 0 Å². The van der Waals surface area contributed by atoms with Gasteiger partial charge in [0.2, 0.25) is 0 Å². The summed E-state index contributed by atoms with van der Waals surface area (Å²) in [5, 5.41) is 12.0. The first kappa shape index (κ1) is 18.1. The Morgan fingerprint density at radius 3 is 2.38 bits per heavy atom. The van der Waals surface area contributed by atoms with Crippen LogP contribution in [0.2, 0.25) is 0 Å². The van der Waals surface area contributed by atoms with Crippen molar-refractivity contribution in [1.29, 1.82) is 0 Å². The zero-order valence-corrected chi connectivity index (χ0v) is 13.9. The van der Waals surface area contributed by atoms with Gasteiger partial charge >= 0.3 is 5.97 Å². The van der Waals surface area contributed by atoms with Crippen molar-refractivity contribution in [3.63, 3.8) is 0 Å². The van der Waals surface area contributed by atoms with Crippen LogP contribution in [0.3, 0.4) is 0 Å². The second-order valence-corrected chi connectivity index (χ2v) is 5.89. The van der Waals surface area contributed by atoms with E-state index in [9.17, 15) is 9.59 Å². The van der Waals surface area contributed by atoms with E-state index in [2.05, 4.69) is 5.32 Å². The van der Waals surface area contributed by atoms with Gasteiger partial charge in [-0.3, -0.25) is 9.59 Å². The molecular weight excluding hydrogens is 314 g/mol. The van der Waals surface area contributed by atoms with Crippen molar-refractivity contribution in [2.45, 2.75) is 37.8 Å². The fourth-order valence-electron chi connectivity index (χ4n) is 2.67. The fourth-order valence-corrected chi connectivity index (χ4v) is 2.67. The molecule has 0 saturated carbocycles. The zero-order chi connectivity index (χ0) is 17.6. The maximum absolute atomic E-state index is 12.4. The van der Waals surface area contributed by atoms with E-state index in [1.807, 2.05) is 0 Å². The molecule has 0 aliphatic carbocycles. The van der Waals surface area contributed by atoms with Gasteiger partial charge in [0.1, 0.15) is 11.5 Å². The number of ether oxygens (including phenoxy) is 3. The number of hydrogen-bond acceptors (Lipinski definition) is 5. The molecule has 0 aromatic heterocycles. The van der Waals surface area contributed by atoms with E-state index in [1.54, 1.807) is 38.3 Å². The van der Waals surface area contributed by atoms with Gasteiger partial charge in [0.25, 0.3) is 5.91 Å². The van der Waals surface area contributed by atoms with E-state index in [0.29, 0.717) is 37.6 Å². The summed E-state index contributed by atoms with van der Waals surface area (Å²) in [6.45, 7) is 2.50. The highest BCUT2D eigenvalue weighted by Gasteiger charge is 2.37. The van der Waals surface area contributed by atoms with Crippen LogP contribution in [-0.2, 0) is 14.3 Å². The van der Waals surface area contributed by atoms with Gasteiger partial charge in [-0.15, -0.1) is 0 Å². The summed E-state index contributed by atoms with van der Waals surface area (Å²) in [7, 11) is 1.57. The number of carboxylic acids is 1. The van der Waals surface area contributed by atoms with Crippen LogP contribution in [0.1, 0.15) is 26.2 Å². The number of hydrogen-bond donors (Lipinski definition) is 2. The first-order valence-corrected chi connectivity index (χ1v) is 7.86. The molecule has 0 radical (unpaired) electrons. The molecule has 7 nitrogen and oxygen atoms in total. The van der Waals surface area contributed by atoms with Crippen molar-refractivity contribution in [2.24, 2.45) is 0 Å². The molecule has 1 heterocycles. The van der Waals surface area contributed by atoms with E-state index in [4.69, 9.17) is 19.3 Å². The SMILES string of the molecule is COc1ccc(OC(C)C(=O)NC2(CC(=O)O)CCOCC2)cc1. The van der Waals surface area contributed by atoms with Crippen LogP contribution < -0.4 is 14.8 Å². The summed E-state index contributed by atoms with van der Waals surface area (Å²) < 4.78 is 16.0. The van der Waals surface area contributed by atoms with Crippen molar-refractivity contribution in [3.8, 4) is 11.5 Å². The highest BCUT2D eigenvalue weighted by molar-refractivity contribution is 5.82. The van der Waals surface area contributed by atoms with Crippen LogP contribution in [0.4, 0.5) is 0 Å². The highest BCUT2D eigenvalue weighted by atomic mass is 16.5. The lowest BCUT2D eigenvalue weighted by molar-refractivity contribution is -0.141. The fraction of sp³-hybridized carbons (Fsp3) is 0.529. The number of benzene rings is 1. The van der Waals surface area contributed by atoms with Gasteiger partial charge in [-0.1, -0.05) is 0 Å². The minimum Gasteiger partial charge on any atom is -0.497 e. The Hall–Kier alpha value is -2.28. The quantitative estimate of drug-likeness (QED) is 0.785. The van der Waals surface area contributed by atoms with E-state index >= 15 is 0 Å². The number of carbonyl (C=O) groups excluding carboxylic acids is 1. The van der Waals surface area contributed by atoms with E-state index in [-0.39, 0.29) is 12.3 Å². The normalized spacial score (nSPS) is 17.6. The van der Waals surface area contributed by atoms with Crippen molar-refractivity contribution in [2.75, 3.05) is 20.3 Å². The van der Waals surface area contributed by atoms with Crippen LogP contribution in [0.15, 0.2) is 24.3 Å². The summed E-state index contributed by atoms with van der Waals surface area (Å²) in [5.41, 5.74) is -0.779. The van der Waals surface area contributed by atoms with Crippen molar-refractivity contribution < 1.29 is 28.9 Å². The summed E-state index contributed by atoms with van der Waals surface area (Å²) in [4.78, 5) is 23.6. The van der Waals surface area contributed by atoms with E-state index < -0.39 is 17.6 Å². The Labute approximate surface area is 140 Å². The molecule has 132 valence electrons. The summed E-state index contributed by atoms with van der Waals surface area (Å²) in [5.74, 6) is -0.0466. The smallest absolute Gasteiger partial charge is 0.305 e. The molecule has 7 heteroatoms. The molecule has 2 N–H and O–H groups in total. The summed E-state index contributed by atoms with van der Waals surface area (Å²) >= 11 is 0. The molecular formula is C17H23NO6. The zero-order valence-electron chi connectivity index (χ0n) is 13.9. The number of carboxylic acid groups (broad SMARTS) is 1. The van der Waals surface area contributed by atoms with Crippen molar-refractivity contribution in [1.82, 2.24) is 5.32 Å². The first-order chi connectivity index (χ1) is 11.4. The van der Waals surface area contributed by atoms with Gasteiger partial charge in [0.15, 0.2) is 6.10 Å². The average molecular weight is 337 g/mol. The molecule has 1 saturated heterocycles. The predicted molar refractivity (Wildman–Crippen MR) is 86.3 cm³/mol. The Kier molecular flexibility index (Phi) is 6.03. The maximum atomic E-state index is 12.4. The molecule has 2 rings (SSSR count). The van der Waals surface area contributed by atoms with Crippen LogP contribution in [0.5, 0.6) is 11.5 Å². The Morgan fingerprint density at radius 1 is 1.25 bits per heavy atom. The molecule has 1 aromatic carbocycles. The molecule has 1 unspecified atom stereocenters.